The zero-order valence-electron chi connectivity index (χ0n) is 12.2. The number of rotatable bonds is 3. The summed E-state index contributed by atoms with van der Waals surface area (Å²) in [7, 11) is 0. The average molecular weight is 300 g/mol. The van der Waals surface area contributed by atoms with Crippen LogP contribution < -0.4 is 10.6 Å². The number of carbonyl (C=O) groups is 1. The highest BCUT2D eigenvalue weighted by molar-refractivity contribution is 5.89. The van der Waals surface area contributed by atoms with E-state index in [1.807, 2.05) is 12.1 Å². The first-order valence-corrected chi connectivity index (χ1v) is 7.19. The fraction of sp³-hybridized carbons (Fsp3) is 0.312. The van der Waals surface area contributed by atoms with E-state index < -0.39 is 5.91 Å². The molecule has 1 saturated heterocycles. The second-order valence-corrected chi connectivity index (χ2v) is 5.59. The van der Waals surface area contributed by atoms with Crippen molar-refractivity contribution >= 4 is 11.7 Å². The van der Waals surface area contributed by atoms with Crippen molar-refractivity contribution in [2.75, 3.05) is 11.4 Å². The number of carbonyl (C=O) groups excluding carboxylic acids is 1. The largest absolute Gasteiger partial charge is 0.363 e. The zero-order chi connectivity index (χ0) is 15.7. The Bertz CT molecular complexity index is 689. The van der Waals surface area contributed by atoms with Gasteiger partial charge in [-0.15, -0.1) is 0 Å². The van der Waals surface area contributed by atoms with Crippen molar-refractivity contribution in [2.24, 2.45) is 5.73 Å². The van der Waals surface area contributed by atoms with Crippen LogP contribution in [0, 0.1) is 5.82 Å². The molecule has 1 amide bonds. The first-order valence-electron chi connectivity index (χ1n) is 7.19. The summed E-state index contributed by atoms with van der Waals surface area (Å²) in [4.78, 5) is 21.4. The van der Waals surface area contributed by atoms with Crippen LogP contribution in [0.25, 0.3) is 0 Å². The molecule has 1 aromatic carbocycles. The van der Waals surface area contributed by atoms with E-state index in [2.05, 4.69) is 21.8 Å². The molecule has 1 fully saturated rings. The highest BCUT2D eigenvalue weighted by Gasteiger charge is 2.31. The minimum Gasteiger partial charge on any atom is -0.363 e. The first kappa shape index (κ1) is 14.4. The van der Waals surface area contributed by atoms with Crippen LogP contribution >= 0.6 is 0 Å². The minimum absolute atomic E-state index is 0.0231. The summed E-state index contributed by atoms with van der Waals surface area (Å²) in [6.07, 6.45) is 2.49. The topological polar surface area (TPSA) is 72.1 Å². The Morgan fingerprint density at radius 3 is 2.73 bits per heavy atom. The molecule has 114 valence electrons. The highest BCUT2D eigenvalue weighted by atomic mass is 19.1. The molecule has 22 heavy (non-hydrogen) atoms. The molecule has 0 saturated carbocycles. The van der Waals surface area contributed by atoms with E-state index in [4.69, 9.17) is 5.73 Å². The second-order valence-electron chi connectivity index (χ2n) is 5.59. The van der Waals surface area contributed by atoms with Gasteiger partial charge >= 0.3 is 0 Å². The molecule has 0 radical (unpaired) electrons. The Labute approximate surface area is 128 Å². The van der Waals surface area contributed by atoms with Gasteiger partial charge in [-0.05, 0) is 37.1 Å². The molecule has 3 rings (SSSR count). The third-order valence-corrected chi connectivity index (χ3v) is 4.07. The molecule has 2 atom stereocenters. The van der Waals surface area contributed by atoms with Crippen molar-refractivity contribution in [1.29, 1.82) is 0 Å². The molecule has 6 heteroatoms. The number of anilines is 1. The van der Waals surface area contributed by atoms with E-state index in [0.717, 1.165) is 18.5 Å². The maximum atomic E-state index is 13.0. The molecular weight excluding hydrogens is 283 g/mol. The van der Waals surface area contributed by atoms with Crippen LogP contribution in [-0.2, 0) is 0 Å². The molecule has 2 aromatic rings. The molecule has 0 aliphatic carbocycles. The van der Waals surface area contributed by atoms with E-state index in [1.165, 1.54) is 12.1 Å². The maximum Gasteiger partial charge on any atom is 0.286 e. The van der Waals surface area contributed by atoms with Crippen molar-refractivity contribution in [1.82, 2.24) is 9.97 Å². The van der Waals surface area contributed by atoms with Crippen LogP contribution in [0.4, 0.5) is 10.2 Å². The van der Waals surface area contributed by atoms with E-state index in [9.17, 15) is 9.18 Å². The van der Waals surface area contributed by atoms with Gasteiger partial charge in [-0.3, -0.25) is 4.79 Å². The minimum atomic E-state index is -0.635. The lowest BCUT2D eigenvalue weighted by Gasteiger charge is -2.22. The summed E-state index contributed by atoms with van der Waals surface area (Å²) in [5.74, 6) is 0.163. The molecule has 5 nitrogen and oxygen atoms in total. The summed E-state index contributed by atoms with van der Waals surface area (Å²) < 4.78 is 13.0. The second kappa shape index (κ2) is 5.71. The third kappa shape index (κ3) is 2.77. The Hall–Kier alpha value is -2.50. The molecule has 1 aliphatic rings. The first-order chi connectivity index (χ1) is 10.5. The number of nitrogens with zero attached hydrogens (tertiary/aromatic N) is 3. The van der Waals surface area contributed by atoms with E-state index in [1.54, 1.807) is 12.3 Å². The molecule has 0 spiro atoms. The quantitative estimate of drug-likeness (QED) is 0.942. The zero-order valence-corrected chi connectivity index (χ0v) is 12.2. The lowest BCUT2D eigenvalue weighted by Crippen LogP contribution is -2.28. The van der Waals surface area contributed by atoms with Crippen LogP contribution in [0.5, 0.6) is 0 Å². The van der Waals surface area contributed by atoms with E-state index in [0.29, 0.717) is 11.7 Å². The van der Waals surface area contributed by atoms with Gasteiger partial charge in [0, 0.05) is 24.7 Å². The normalized spacial score (nSPS) is 21.1. The summed E-state index contributed by atoms with van der Waals surface area (Å²) in [6.45, 7) is 2.87. The van der Waals surface area contributed by atoms with Crippen LogP contribution in [-0.4, -0.2) is 28.5 Å². The predicted molar refractivity (Wildman–Crippen MR) is 81.1 cm³/mol. The van der Waals surface area contributed by atoms with Gasteiger partial charge in [0.05, 0.1) is 0 Å². The van der Waals surface area contributed by atoms with Crippen molar-refractivity contribution in [3.63, 3.8) is 0 Å². The number of amides is 1. The lowest BCUT2D eigenvalue weighted by atomic mass is 9.97. The van der Waals surface area contributed by atoms with Crippen molar-refractivity contribution < 1.29 is 9.18 Å². The fourth-order valence-electron chi connectivity index (χ4n) is 2.95. The SMILES string of the molecule is CC1CC(c2ccc(F)cc2)CN1c1ccnc(C(N)=O)n1. The van der Waals surface area contributed by atoms with Crippen LogP contribution in [0.3, 0.4) is 0 Å². The van der Waals surface area contributed by atoms with Gasteiger partial charge in [-0.2, -0.15) is 0 Å². The standard InChI is InChI=1S/C16H17FN4O/c1-10-8-12(11-2-4-13(17)5-3-11)9-21(10)14-6-7-19-16(20-14)15(18)22/h2-7,10,12H,8-9H2,1H3,(H2,18,22). The van der Waals surface area contributed by atoms with E-state index in [-0.39, 0.29) is 17.7 Å². The monoisotopic (exact) mass is 300 g/mol. The van der Waals surface area contributed by atoms with Crippen LogP contribution in [0.1, 0.15) is 35.4 Å². The average Bonchev–Trinajstić information content (AvgIpc) is 2.90. The Balaban J connectivity index is 1.82. The van der Waals surface area contributed by atoms with Crippen LogP contribution in [0.2, 0.25) is 0 Å². The molecule has 2 unspecified atom stereocenters. The van der Waals surface area contributed by atoms with Gasteiger partial charge in [0.1, 0.15) is 11.6 Å². The van der Waals surface area contributed by atoms with Gasteiger partial charge in [0.2, 0.25) is 5.82 Å². The van der Waals surface area contributed by atoms with Gasteiger partial charge in [0.15, 0.2) is 0 Å². The molecule has 1 aliphatic heterocycles. The molecule has 1 aromatic heterocycles. The number of nitrogens with two attached hydrogens (primary N) is 1. The number of benzene rings is 1. The molecule has 2 N–H and O–H groups in total. The fourth-order valence-corrected chi connectivity index (χ4v) is 2.95. The third-order valence-electron chi connectivity index (χ3n) is 4.07. The number of halogens is 1. The summed E-state index contributed by atoms with van der Waals surface area (Å²) in [5.41, 5.74) is 6.34. The summed E-state index contributed by atoms with van der Waals surface area (Å²) >= 11 is 0. The number of aromatic nitrogens is 2. The number of hydrogen-bond acceptors (Lipinski definition) is 4. The van der Waals surface area contributed by atoms with Gasteiger partial charge in [-0.25, -0.2) is 14.4 Å². The Morgan fingerprint density at radius 2 is 2.05 bits per heavy atom. The van der Waals surface area contributed by atoms with Gasteiger partial charge in [0.25, 0.3) is 5.91 Å². The van der Waals surface area contributed by atoms with Crippen molar-refractivity contribution in [3.05, 3.63) is 53.7 Å². The summed E-state index contributed by atoms with van der Waals surface area (Å²) in [5, 5.41) is 0. The van der Waals surface area contributed by atoms with Crippen LogP contribution in [0.15, 0.2) is 36.5 Å². The number of hydrogen-bond donors (Lipinski definition) is 1. The van der Waals surface area contributed by atoms with Gasteiger partial charge in [-0.1, -0.05) is 12.1 Å². The number of primary amides is 1. The Morgan fingerprint density at radius 1 is 1.32 bits per heavy atom. The summed E-state index contributed by atoms with van der Waals surface area (Å²) in [6, 6.07) is 8.66. The maximum absolute atomic E-state index is 13.0. The van der Waals surface area contributed by atoms with Crippen molar-refractivity contribution in [2.45, 2.75) is 25.3 Å². The highest BCUT2D eigenvalue weighted by Crippen LogP contribution is 2.34. The molecule has 2 heterocycles. The lowest BCUT2D eigenvalue weighted by molar-refractivity contribution is 0.0990. The van der Waals surface area contributed by atoms with Gasteiger partial charge < -0.3 is 10.6 Å². The van der Waals surface area contributed by atoms with E-state index >= 15 is 0 Å². The van der Waals surface area contributed by atoms with Crippen molar-refractivity contribution in [3.8, 4) is 0 Å². The predicted octanol–water partition coefficient (Wildman–Crippen LogP) is 2.10. The molecule has 0 bridgehead atoms. The molecular formula is C16H17FN4O. The Kier molecular flexibility index (Phi) is 3.75. The smallest absolute Gasteiger partial charge is 0.286 e.